The SMILES string of the molecule is CC1CN(c2nc(Cc3ccccc3[N+](=O)[O-])ns2)CCN1C(=O)c1ccc2c(c1)nnn2C. The molecule has 1 aliphatic rings. The summed E-state index contributed by atoms with van der Waals surface area (Å²) in [6.07, 6.45) is 0.298. The lowest BCUT2D eigenvalue weighted by atomic mass is 10.1. The van der Waals surface area contributed by atoms with Gasteiger partial charge in [0.2, 0.25) is 5.13 Å². The van der Waals surface area contributed by atoms with E-state index in [9.17, 15) is 14.9 Å². The normalized spacial score (nSPS) is 16.2. The Morgan fingerprint density at radius 1 is 1.24 bits per heavy atom. The number of carbonyl (C=O) groups is 1. The maximum Gasteiger partial charge on any atom is 0.273 e. The second-order valence-electron chi connectivity index (χ2n) is 8.27. The van der Waals surface area contributed by atoms with Gasteiger partial charge in [-0.3, -0.25) is 14.9 Å². The Hall–Kier alpha value is -3.93. The Balaban J connectivity index is 1.26. The highest BCUT2D eigenvalue weighted by Gasteiger charge is 2.30. The highest BCUT2D eigenvalue weighted by molar-refractivity contribution is 7.09. The quantitative estimate of drug-likeness (QED) is 0.317. The van der Waals surface area contributed by atoms with E-state index in [0.717, 1.165) is 10.6 Å². The number of nitrogens with zero attached hydrogens (tertiary/aromatic N) is 8. The molecule has 1 fully saturated rings. The molecule has 11 nitrogen and oxygen atoms in total. The van der Waals surface area contributed by atoms with Crippen LogP contribution < -0.4 is 4.90 Å². The van der Waals surface area contributed by atoms with Gasteiger partial charge in [-0.05, 0) is 25.1 Å². The molecule has 0 saturated carbocycles. The molecule has 2 aromatic carbocycles. The van der Waals surface area contributed by atoms with Crippen LogP contribution in [0.4, 0.5) is 10.8 Å². The predicted octanol–water partition coefficient (Wildman–Crippen LogP) is 2.67. The molecule has 0 bridgehead atoms. The number of aromatic nitrogens is 5. The third-order valence-corrected chi connectivity index (χ3v) is 6.83. The summed E-state index contributed by atoms with van der Waals surface area (Å²) in [7, 11) is 1.82. The van der Waals surface area contributed by atoms with Crippen LogP contribution in [0.1, 0.15) is 28.7 Å². The van der Waals surface area contributed by atoms with E-state index in [1.165, 1.54) is 17.6 Å². The zero-order valence-corrected chi connectivity index (χ0v) is 19.5. The molecule has 1 aliphatic heterocycles. The summed E-state index contributed by atoms with van der Waals surface area (Å²) in [5, 5.41) is 20.1. The molecule has 34 heavy (non-hydrogen) atoms. The number of nitro groups is 1. The summed E-state index contributed by atoms with van der Waals surface area (Å²) in [6, 6.07) is 12.1. The molecule has 0 radical (unpaired) electrons. The van der Waals surface area contributed by atoms with E-state index in [0.29, 0.717) is 48.5 Å². The second kappa shape index (κ2) is 8.78. The molecule has 2 aromatic heterocycles. The number of para-hydroxylation sites is 1. The number of hydrogen-bond acceptors (Lipinski definition) is 9. The van der Waals surface area contributed by atoms with Crippen molar-refractivity contribution in [1.82, 2.24) is 29.3 Å². The van der Waals surface area contributed by atoms with E-state index >= 15 is 0 Å². The van der Waals surface area contributed by atoms with Crippen LogP contribution in [0.3, 0.4) is 0 Å². The number of benzene rings is 2. The highest BCUT2D eigenvalue weighted by atomic mass is 32.1. The molecule has 174 valence electrons. The number of rotatable bonds is 5. The van der Waals surface area contributed by atoms with Gasteiger partial charge in [0.05, 0.1) is 10.4 Å². The minimum atomic E-state index is -0.386. The third kappa shape index (κ3) is 4.07. The molecule has 0 aliphatic carbocycles. The number of anilines is 1. The Morgan fingerprint density at radius 2 is 2.06 bits per heavy atom. The fourth-order valence-electron chi connectivity index (χ4n) is 4.23. The van der Waals surface area contributed by atoms with Crippen LogP contribution in [0.5, 0.6) is 0 Å². The summed E-state index contributed by atoms with van der Waals surface area (Å²) in [4.78, 5) is 32.7. The van der Waals surface area contributed by atoms with Crippen LogP contribution in [0, 0.1) is 10.1 Å². The van der Waals surface area contributed by atoms with Gasteiger partial charge < -0.3 is 9.80 Å². The molecule has 5 rings (SSSR count). The maximum absolute atomic E-state index is 13.2. The summed E-state index contributed by atoms with van der Waals surface area (Å²) in [6.45, 7) is 3.82. The first-order valence-electron chi connectivity index (χ1n) is 10.8. The van der Waals surface area contributed by atoms with Crippen LogP contribution in [-0.2, 0) is 13.5 Å². The van der Waals surface area contributed by atoms with Crippen LogP contribution >= 0.6 is 11.5 Å². The molecule has 0 N–H and O–H groups in total. The molecule has 1 atom stereocenters. The smallest absolute Gasteiger partial charge is 0.273 e. The van der Waals surface area contributed by atoms with Gasteiger partial charge in [0.1, 0.15) is 11.3 Å². The lowest BCUT2D eigenvalue weighted by Crippen LogP contribution is -2.54. The van der Waals surface area contributed by atoms with Crippen molar-refractivity contribution in [3.8, 4) is 0 Å². The van der Waals surface area contributed by atoms with Crippen LogP contribution in [0.15, 0.2) is 42.5 Å². The van der Waals surface area contributed by atoms with E-state index in [1.807, 2.05) is 31.0 Å². The monoisotopic (exact) mass is 478 g/mol. The lowest BCUT2D eigenvalue weighted by Gasteiger charge is -2.39. The minimum Gasteiger partial charge on any atom is -0.343 e. The summed E-state index contributed by atoms with van der Waals surface area (Å²) in [5.74, 6) is 0.520. The first kappa shape index (κ1) is 21.9. The summed E-state index contributed by atoms with van der Waals surface area (Å²) >= 11 is 1.28. The van der Waals surface area contributed by atoms with Crippen LogP contribution in [-0.4, -0.2) is 65.8 Å². The fraction of sp³-hybridized carbons (Fsp3) is 0.318. The van der Waals surface area contributed by atoms with E-state index < -0.39 is 0 Å². The Bertz CT molecular complexity index is 1380. The van der Waals surface area contributed by atoms with Crippen molar-refractivity contribution in [2.45, 2.75) is 19.4 Å². The standard InChI is InChI=1S/C22H22N8O3S/c1-14-13-28(22-23-20(25-34-22)12-15-5-3-4-6-18(15)30(32)33)9-10-29(14)21(31)16-7-8-19-17(11-16)24-26-27(19)2/h3-8,11,14H,9-10,12-13H2,1-2H3. The molecule has 1 amide bonds. The predicted molar refractivity (Wildman–Crippen MR) is 127 cm³/mol. The van der Waals surface area contributed by atoms with Gasteiger partial charge >= 0.3 is 0 Å². The fourth-order valence-corrected chi connectivity index (χ4v) is 4.95. The van der Waals surface area contributed by atoms with Crippen molar-refractivity contribution in [2.24, 2.45) is 7.05 Å². The van der Waals surface area contributed by atoms with E-state index in [1.54, 1.807) is 28.9 Å². The minimum absolute atomic E-state index is 0.0265. The topological polar surface area (TPSA) is 123 Å². The molecule has 4 aromatic rings. The number of hydrogen-bond donors (Lipinski definition) is 0. The summed E-state index contributed by atoms with van der Waals surface area (Å²) < 4.78 is 6.09. The molecule has 0 spiro atoms. The second-order valence-corrected chi connectivity index (χ2v) is 9.00. The molecule has 1 unspecified atom stereocenters. The van der Waals surface area contributed by atoms with Crippen LogP contribution in [0.2, 0.25) is 0 Å². The van der Waals surface area contributed by atoms with Crippen molar-refractivity contribution >= 4 is 39.3 Å². The van der Waals surface area contributed by atoms with Crippen molar-refractivity contribution in [2.75, 3.05) is 24.5 Å². The average molecular weight is 479 g/mol. The van der Waals surface area contributed by atoms with Crippen molar-refractivity contribution in [3.05, 3.63) is 69.5 Å². The number of amides is 1. The van der Waals surface area contributed by atoms with Gasteiger partial charge in [-0.2, -0.15) is 4.37 Å². The van der Waals surface area contributed by atoms with Crippen LogP contribution in [0.25, 0.3) is 11.0 Å². The number of fused-ring (bicyclic) bond motifs is 1. The molecule has 12 heteroatoms. The maximum atomic E-state index is 13.2. The zero-order valence-electron chi connectivity index (χ0n) is 18.7. The largest absolute Gasteiger partial charge is 0.343 e. The van der Waals surface area contributed by atoms with Gasteiger partial charge in [-0.15, -0.1) is 5.10 Å². The Kier molecular flexibility index (Phi) is 5.65. The van der Waals surface area contributed by atoms with Crippen molar-refractivity contribution in [1.29, 1.82) is 0 Å². The van der Waals surface area contributed by atoms with Gasteiger partial charge in [-0.25, -0.2) is 9.67 Å². The third-order valence-electron chi connectivity index (χ3n) is 6.01. The molecular weight excluding hydrogens is 456 g/mol. The van der Waals surface area contributed by atoms with E-state index in [-0.39, 0.29) is 22.6 Å². The number of carbonyl (C=O) groups excluding carboxylic acids is 1. The Labute approximate surface area is 198 Å². The van der Waals surface area contributed by atoms with Crippen molar-refractivity contribution < 1.29 is 9.72 Å². The van der Waals surface area contributed by atoms with Gasteiger partial charge in [0.15, 0.2) is 0 Å². The lowest BCUT2D eigenvalue weighted by molar-refractivity contribution is -0.385. The first-order valence-corrected chi connectivity index (χ1v) is 11.6. The first-order chi connectivity index (χ1) is 16.4. The number of piperazine rings is 1. The zero-order chi connectivity index (χ0) is 23.8. The van der Waals surface area contributed by atoms with E-state index in [4.69, 9.17) is 0 Å². The number of aryl methyl sites for hydroxylation is 1. The molecule has 1 saturated heterocycles. The average Bonchev–Trinajstić information content (AvgIpc) is 3.45. The molecule has 3 heterocycles. The van der Waals surface area contributed by atoms with Gasteiger partial charge in [-0.1, -0.05) is 23.4 Å². The Morgan fingerprint density at radius 3 is 2.85 bits per heavy atom. The highest BCUT2D eigenvalue weighted by Crippen LogP contribution is 2.26. The molecular formula is C22H22N8O3S. The van der Waals surface area contributed by atoms with Crippen molar-refractivity contribution in [3.63, 3.8) is 0 Å². The van der Waals surface area contributed by atoms with Gasteiger partial charge in [0, 0.05) is 67.9 Å². The van der Waals surface area contributed by atoms with E-state index in [2.05, 4.69) is 24.6 Å². The summed E-state index contributed by atoms with van der Waals surface area (Å²) in [5.41, 5.74) is 2.82. The van der Waals surface area contributed by atoms with Gasteiger partial charge in [0.25, 0.3) is 11.6 Å². The number of nitro benzene ring substituents is 1.